The zero-order valence-corrected chi connectivity index (χ0v) is 9.59. The van der Waals surface area contributed by atoms with Crippen molar-refractivity contribution in [2.45, 2.75) is 6.30 Å². The van der Waals surface area contributed by atoms with E-state index in [4.69, 9.17) is 16.7 Å². The van der Waals surface area contributed by atoms with E-state index in [9.17, 15) is 18.0 Å². The molecule has 0 saturated heterocycles. The van der Waals surface area contributed by atoms with Gasteiger partial charge in [-0.25, -0.2) is 4.79 Å². The smallest absolute Gasteiger partial charge is 0.478 e. The standard InChI is InChI=1S/C11H7ClF3NO2/c12-8-1-2-9-6(4-8)3-7(10(17)18)5-16(9)11(13,14)15/h1-4H,5H2,(H,17,18). The van der Waals surface area contributed by atoms with Gasteiger partial charge in [-0.15, -0.1) is 0 Å². The lowest BCUT2D eigenvalue weighted by Crippen LogP contribution is -2.42. The number of carbonyl (C=O) groups is 1. The summed E-state index contributed by atoms with van der Waals surface area (Å²) in [5.74, 6) is -1.38. The normalized spacial score (nSPS) is 15.1. The maximum atomic E-state index is 12.8. The van der Waals surface area contributed by atoms with Crippen molar-refractivity contribution in [2.24, 2.45) is 0 Å². The molecule has 0 aromatic heterocycles. The second-order valence-corrected chi connectivity index (χ2v) is 4.17. The predicted molar refractivity (Wildman–Crippen MR) is 60.5 cm³/mol. The molecular weight excluding hydrogens is 271 g/mol. The van der Waals surface area contributed by atoms with Gasteiger partial charge in [0, 0.05) is 10.6 Å². The van der Waals surface area contributed by atoms with Crippen LogP contribution in [0.1, 0.15) is 5.56 Å². The number of nitrogens with zero attached hydrogens (tertiary/aromatic N) is 1. The summed E-state index contributed by atoms with van der Waals surface area (Å²) in [6, 6.07) is 3.86. The summed E-state index contributed by atoms with van der Waals surface area (Å²) in [5.41, 5.74) is -0.289. The molecule has 0 unspecified atom stereocenters. The van der Waals surface area contributed by atoms with Crippen LogP contribution in [-0.2, 0) is 4.79 Å². The molecule has 96 valence electrons. The summed E-state index contributed by atoms with van der Waals surface area (Å²) >= 11 is 5.69. The van der Waals surface area contributed by atoms with Crippen LogP contribution >= 0.6 is 11.6 Å². The Labute approximate surface area is 105 Å². The summed E-state index contributed by atoms with van der Waals surface area (Å²) in [5, 5.41) is 9.07. The molecule has 0 aliphatic carbocycles. The van der Waals surface area contributed by atoms with Crippen LogP contribution in [0.3, 0.4) is 0 Å². The molecule has 0 radical (unpaired) electrons. The van der Waals surface area contributed by atoms with E-state index in [1.165, 1.54) is 24.3 Å². The summed E-state index contributed by atoms with van der Waals surface area (Å²) in [6.45, 7) is -0.715. The molecule has 18 heavy (non-hydrogen) atoms. The summed E-state index contributed by atoms with van der Waals surface area (Å²) in [4.78, 5) is 10.9. The molecule has 1 aliphatic heterocycles. The van der Waals surface area contributed by atoms with Crippen molar-refractivity contribution >= 4 is 29.3 Å². The zero-order chi connectivity index (χ0) is 13.5. The monoisotopic (exact) mass is 277 g/mol. The van der Waals surface area contributed by atoms with E-state index in [0.717, 1.165) is 0 Å². The Morgan fingerprint density at radius 1 is 1.39 bits per heavy atom. The lowest BCUT2D eigenvalue weighted by molar-refractivity contribution is -0.134. The minimum atomic E-state index is -4.64. The molecule has 7 heteroatoms. The average molecular weight is 278 g/mol. The molecule has 0 amide bonds. The maximum Gasteiger partial charge on any atom is 0.485 e. The van der Waals surface area contributed by atoms with Crippen molar-refractivity contribution in [3.8, 4) is 0 Å². The highest BCUT2D eigenvalue weighted by Crippen LogP contribution is 2.37. The van der Waals surface area contributed by atoms with Gasteiger partial charge in [0.1, 0.15) is 0 Å². The van der Waals surface area contributed by atoms with Gasteiger partial charge in [-0.2, -0.15) is 13.2 Å². The van der Waals surface area contributed by atoms with Crippen LogP contribution in [0.2, 0.25) is 5.02 Å². The second-order valence-electron chi connectivity index (χ2n) is 3.73. The molecule has 0 atom stereocenters. The summed E-state index contributed by atoms with van der Waals surface area (Å²) in [6.07, 6.45) is -3.44. The van der Waals surface area contributed by atoms with E-state index in [0.29, 0.717) is 0 Å². The van der Waals surface area contributed by atoms with Crippen LogP contribution in [-0.4, -0.2) is 23.9 Å². The minimum absolute atomic E-state index is 0.0854. The van der Waals surface area contributed by atoms with Crippen LogP contribution in [0, 0.1) is 0 Å². The van der Waals surface area contributed by atoms with Crippen molar-refractivity contribution in [2.75, 3.05) is 11.4 Å². The van der Waals surface area contributed by atoms with Gasteiger partial charge >= 0.3 is 12.3 Å². The fourth-order valence-electron chi connectivity index (χ4n) is 1.73. The van der Waals surface area contributed by atoms with E-state index in [1.54, 1.807) is 0 Å². The first-order chi connectivity index (χ1) is 8.29. The third kappa shape index (κ3) is 2.28. The molecule has 1 aliphatic rings. The molecule has 0 fully saturated rings. The van der Waals surface area contributed by atoms with Gasteiger partial charge in [-0.1, -0.05) is 11.6 Å². The lowest BCUT2D eigenvalue weighted by atomic mass is 10.0. The number of anilines is 1. The Morgan fingerprint density at radius 2 is 2.06 bits per heavy atom. The number of aliphatic carboxylic acids is 1. The van der Waals surface area contributed by atoms with Gasteiger partial charge < -0.3 is 5.11 Å². The molecule has 0 saturated carbocycles. The van der Waals surface area contributed by atoms with Crippen molar-refractivity contribution < 1.29 is 23.1 Å². The third-order valence-electron chi connectivity index (χ3n) is 2.52. The molecule has 3 nitrogen and oxygen atoms in total. The van der Waals surface area contributed by atoms with Crippen LogP contribution in [0.15, 0.2) is 23.8 Å². The molecule has 1 aromatic rings. The molecular formula is C11H7ClF3NO2. The number of rotatable bonds is 1. The first-order valence-electron chi connectivity index (χ1n) is 4.87. The summed E-state index contributed by atoms with van der Waals surface area (Å²) < 4.78 is 38.5. The minimum Gasteiger partial charge on any atom is -0.478 e. The largest absolute Gasteiger partial charge is 0.485 e. The van der Waals surface area contributed by atoms with Crippen LogP contribution in [0.4, 0.5) is 18.9 Å². The Kier molecular flexibility index (Phi) is 2.98. The quantitative estimate of drug-likeness (QED) is 0.802. The molecule has 0 spiro atoms. The van der Waals surface area contributed by atoms with Crippen molar-refractivity contribution in [3.05, 3.63) is 34.4 Å². The van der Waals surface area contributed by atoms with E-state index in [-0.39, 0.29) is 26.7 Å². The maximum absolute atomic E-state index is 12.8. The Morgan fingerprint density at radius 3 is 2.61 bits per heavy atom. The van der Waals surface area contributed by atoms with Gasteiger partial charge in [0.15, 0.2) is 0 Å². The van der Waals surface area contributed by atoms with E-state index in [1.807, 2.05) is 0 Å². The fraction of sp³-hybridized carbons (Fsp3) is 0.182. The lowest BCUT2D eigenvalue weighted by Gasteiger charge is -2.31. The third-order valence-corrected chi connectivity index (χ3v) is 2.75. The van der Waals surface area contributed by atoms with E-state index >= 15 is 0 Å². The molecule has 1 N–H and O–H groups in total. The Balaban J connectivity index is 2.57. The zero-order valence-electron chi connectivity index (χ0n) is 8.83. The second kappa shape index (κ2) is 4.20. The number of carboxylic acid groups (broad SMARTS) is 1. The van der Waals surface area contributed by atoms with Crippen LogP contribution in [0.5, 0.6) is 0 Å². The molecule has 2 rings (SSSR count). The SMILES string of the molecule is O=C(O)C1=Cc2cc(Cl)ccc2N(C(F)(F)F)C1. The van der Waals surface area contributed by atoms with E-state index < -0.39 is 18.8 Å². The Bertz CT molecular complexity index is 540. The molecule has 0 bridgehead atoms. The predicted octanol–water partition coefficient (Wildman–Crippen LogP) is 3.15. The number of halogens is 4. The van der Waals surface area contributed by atoms with E-state index in [2.05, 4.69) is 0 Å². The first-order valence-corrected chi connectivity index (χ1v) is 5.24. The van der Waals surface area contributed by atoms with Gasteiger partial charge in [-0.3, -0.25) is 4.90 Å². The summed E-state index contributed by atoms with van der Waals surface area (Å²) in [7, 11) is 0. The first kappa shape index (κ1) is 12.8. The highest BCUT2D eigenvalue weighted by molar-refractivity contribution is 6.30. The highest BCUT2D eigenvalue weighted by atomic mass is 35.5. The van der Waals surface area contributed by atoms with Gasteiger partial charge in [-0.05, 0) is 24.3 Å². The number of alkyl halides is 3. The van der Waals surface area contributed by atoms with Crippen molar-refractivity contribution in [3.63, 3.8) is 0 Å². The number of hydrogen-bond donors (Lipinski definition) is 1. The van der Waals surface area contributed by atoms with Crippen LogP contribution < -0.4 is 4.90 Å². The molecule has 1 heterocycles. The fourth-order valence-corrected chi connectivity index (χ4v) is 1.91. The van der Waals surface area contributed by atoms with Crippen LogP contribution in [0.25, 0.3) is 6.08 Å². The average Bonchev–Trinajstić information content (AvgIpc) is 2.25. The van der Waals surface area contributed by atoms with Gasteiger partial charge in [0.05, 0.1) is 17.8 Å². The van der Waals surface area contributed by atoms with Gasteiger partial charge in [0.2, 0.25) is 0 Å². The number of carboxylic acids is 1. The number of benzene rings is 1. The van der Waals surface area contributed by atoms with Crippen molar-refractivity contribution in [1.29, 1.82) is 0 Å². The Hall–Kier alpha value is -1.69. The molecule has 1 aromatic carbocycles. The van der Waals surface area contributed by atoms with Crippen molar-refractivity contribution in [1.82, 2.24) is 0 Å². The topological polar surface area (TPSA) is 40.5 Å². The highest BCUT2D eigenvalue weighted by Gasteiger charge is 2.41. The number of fused-ring (bicyclic) bond motifs is 1. The number of hydrogen-bond acceptors (Lipinski definition) is 2. The van der Waals surface area contributed by atoms with Gasteiger partial charge in [0.25, 0.3) is 0 Å².